The molecule has 0 aliphatic carbocycles. The van der Waals surface area contributed by atoms with Gasteiger partial charge < -0.3 is 4.74 Å². The zero-order chi connectivity index (χ0) is 18.7. The second-order valence-electron chi connectivity index (χ2n) is 6.19. The van der Waals surface area contributed by atoms with Gasteiger partial charge in [0.2, 0.25) is 0 Å². The number of hydrogen-bond acceptors (Lipinski definition) is 2. The van der Waals surface area contributed by atoms with Crippen LogP contribution in [0, 0.1) is 5.82 Å². The molecule has 0 atom stereocenters. The van der Waals surface area contributed by atoms with Crippen LogP contribution < -0.4 is 0 Å². The Bertz CT molecular complexity index is 527. The summed E-state index contributed by atoms with van der Waals surface area (Å²) >= 11 is 0. The Morgan fingerprint density at radius 3 is 2.04 bits per heavy atom. The molecule has 2 nitrogen and oxygen atoms in total. The predicted molar refractivity (Wildman–Crippen MR) is 88.9 cm³/mol. The minimum absolute atomic E-state index is 0.131. The van der Waals surface area contributed by atoms with E-state index in [2.05, 4.69) is 6.92 Å². The lowest BCUT2D eigenvalue weighted by atomic mass is 10.1. The van der Waals surface area contributed by atoms with E-state index in [1.807, 2.05) is 0 Å². The van der Waals surface area contributed by atoms with Gasteiger partial charge in [0.1, 0.15) is 5.82 Å². The van der Waals surface area contributed by atoms with Crippen LogP contribution >= 0.6 is 0 Å². The van der Waals surface area contributed by atoms with Crippen molar-refractivity contribution in [3.8, 4) is 0 Å². The van der Waals surface area contributed by atoms with Gasteiger partial charge >= 0.3 is 12.1 Å². The van der Waals surface area contributed by atoms with Crippen LogP contribution in [0.4, 0.5) is 17.6 Å². The Hall–Kier alpha value is -1.59. The zero-order valence-corrected chi connectivity index (χ0v) is 14.6. The number of carbonyl (C=O) groups excluding carboxylic acids is 1. The summed E-state index contributed by atoms with van der Waals surface area (Å²) in [4.78, 5) is 11.8. The summed E-state index contributed by atoms with van der Waals surface area (Å²) in [5.74, 6) is -2.03. The van der Waals surface area contributed by atoms with E-state index in [0.29, 0.717) is 18.6 Å². The normalized spacial score (nSPS) is 11.6. The van der Waals surface area contributed by atoms with Crippen LogP contribution in [0.5, 0.6) is 0 Å². The van der Waals surface area contributed by atoms with Gasteiger partial charge in [0.25, 0.3) is 0 Å². The monoisotopic (exact) mass is 362 g/mol. The number of rotatable bonds is 11. The van der Waals surface area contributed by atoms with Crippen molar-refractivity contribution in [2.45, 2.75) is 70.9 Å². The van der Waals surface area contributed by atoms with Gasteiger partial charge in [0.15, 0.2) is 0 Å². The average molecular weight is 362 g/mol. The second-order valence-corrected chi connectivity index (χ2v) is 6.19. The molecule has 0 aliphatic rings. The highest BCUT2D eigenvalue weighted by atomic mass is 19.4. The molecule has 0 heterocycles. The number of benzene rings is 1. The fraction of sp³-hybridized carbons (Fsp3) is 0.632. The second kappa shape index (κ2) is 11.1. The van der Waals surface area contributed by atoms with Crippen molar-refractivity contribution in [2.24, 2.45) is 0 Å². The predicted octanol–water partition coefficient (Wildman–Crippen LogP) is 6.53. The Labute approximate surface area is 146 Å². The van der Waals surface area contributed by atoms with Gasteiger partial charge in [-0.3, -0.25) is 0 Å². The molecule has 0 radical (unpaired) electrons. The number of halogens is 4. The molecule has 0 aromatic heterocycles. The molecule has 0 bridgehead atoms. The maximum Gasteiger partial charge on any atom is 0.416 e. The molecule has 0 N–H and O–H groups in total. The fourth-order valence-corrected chi connectivity index (χ4v) is 2.53. The zero-order valence-electron chi connectivity index (χ0n) is 14.6. The summed E-state index contributed by atoms with van der Waals surface area (Å²) in [7, 11) is 0. The van der Waals surface area contributed by atoms with Crippen molar-refractivity contribution in [3.05, 3.63) is 35.1 Å². The summed E-state index contributed by atoms with van der Waals surface area (Å²) in [5, 5.41) is 0. The van der Waals surface area contributed by atoms with Crippen molar-refractivity contribution in [3.63, 3.8) is 0 Å². The molecule has 142 valence electrons. The third-order valence-corrected chi connectivity index (χ3v) is 3.94. The molecule has 1 aromatic carbocycles. The Morgan fingerprint density at radius 2 is 1.48 bits per heavy atom. The van der Waals surface area contributed by atoms with Crippen LogP contribution in [-0.2, 0) is 10.9 Å². The molecular formula is C19H26F4O2. The molecule has 0 aliphatic heterocycles. The first-order valence-corrected chi connectivity index (χ1v) is 8.89. The highest BCUT2D eigenvalue weighted by Gasteiger charge is 2.32. The third-order valence-electron chi connectivity index (χ3n) is 3.94. The van der Waals surface area contributed by atoms with Gasteiger partial charge in [-0.2, -0.15) is 13.2 Å². The van der Waals surface area contributed by atoms with Gasteiger partial charge in [-0.25, -0.2) is 9.18 Å². The van der Waals surface area contributed by atoms with Gasteiger partial charge in [-0.05, 0) is 24.6 Å². The first-order valence-electron chi connectivity index (χ1n) is 8.89. The van der Waals surface area contributed by atoms with Crippen molar-refractivity contribution < 1.29 is 27.1 Å². The summed E-state index contributed by atoms with van der Waals surface area (Å²) in [6.45, 7) is 2.31. The van der Waals surface area contributed by atoms with Crippen LogP contribution in [0.2, 0.25) is 0 Å². The number of hydrogen-bond donors (Lipinski definition) is 0. The molecule has 0 spiro atoms. The number of alkyl halides is 3. The number of carbonyl (C=O) groups is 1. The minimum Gasteiger partial charge on any atom is -0.462 e. The smallest absolute Gasteiger partial charge is 0.416 e. The van der Waals surface area contributed by atoms with Gasteiger partial charge in [0.05, 0.1) is 17.7 Å². The molecule has 1 rings (SSSR count). The molecule has 25 heavy (non-hydrogen) atoms. The van der Waals surface area contributed by atoms with Gasteiger partial charge in [-0.15, -0.1) is 0 Å². The molecule has 1 aromatic rings. The van der Waals surface area contributed by atoms with Gasteiger partial charge in [-0.1, -0.05) is 58.3 Å². The van der Waals surface area contributed by atoms with Crippen molar-refractivity contribution in [2.75, 3.05) is 6.61 Å². The van der Waals surface area contributed by atoms with Crippen molar-refractivity contribution >= 4 is 5.97 Å². The molecule has 0 fully saturated rings. The standard InChI is InChI=1S/C19H26F4O2/c1-2-3-4-5-6-7-8-9-10-11-25-18(24)15-12-16(19(21,22)23)14-17(20)13-15/h12-14H,2-11H2,1H3. The van der Waals surface area contributed by atoms with Crippen molar-refractivity contribution in [1.29, 1.82) is 0 Å². The van der Waals surface area contributed by atoms with E-state index in [9.17, 15) is 22.4 Å². The lowest BCUT2D eigenvalue weighted by molar-refractivity contribution is -0.137. The Morgan fingerprint density at radius 1 is 0.920 bits per heavy atom. The highest BCUT2D eigenvalue weighted by Crippen LogP contribution is 2.30. The minimum atomic E-state index is -4.70. The summed E-state index contributed by atoms with van der Waals surface area (Å²) in [6, 6.07) is 1.73. The average Bonchev–Trinajstić information content (AvgIpc) is 2.55. The van der Waals surface area contributed by atoms with Crippen LogP contribution in [-0.4, -0.2) is 12.6 Å². The number of esters is 1. The first kappa shape index (κ1) is 21.5. The summed E-state index contributed by atoms with van der Waals surface area (Å²) < 4.78 is 56.0. The van der Waals surface area contributed by atoms with E-state index in [0.717, 1.165) is 25.3 Å². The molecular weight excluding hydrogens is 336 g/mol. The third kappa shape index (κ3) is 8.89. The summed E-state index contributed by atoms with van der Waals surface area (Å²) in [6.07, 6.45) is 5.23. The lowest BCUT2D eigenvalue weighted by Crippen LogP contribution is -2.11. The SMILES string of the molecule is CCCCCCCCCCCOC(=O)c1cc(F)cc(C(F)(F)F)c1. The molecule has 0 amide bonds. The van der Waals surface area contributed by atoms with E-state index >= 15 is 0 Å². The fourth-order valence-electron chi connectivity index (χ4n) is 2.53. The number of ether oxygens (including phenoxy) is 1. The van der Waals surface area contributed by atoms with Gasteiger partial charge in [0, 0.05) is 0 Å². The Balaban J connectivity index is 2.26. The molecule has 6 heteroatoms. The lowest BCUT2D eigenvalue weighted by Gasteiger charge is -2.09. The molecule has 0 saturated carbocycles. The molecule has 0 unspecified atom stereocenters. The summed E-state index contributed by atoms with van der Waals surface area (Å²) in [5.41, 5.74) is -1.61. The van der Waals surface area contributed by atoms with Crippen LogP contribution in [0.3, 0.4) is 0 Å². The van der Waals surface area contributed by atoms with E-state index in [1.54, 1.807) is 0 Å². The quantitative estimate of drug-likeness (QED) is 0.254. The van der Waals surface area contributed by atoms with E-state index in [4.69, 9.17) is 4.74 Å². The maximum absolute atomic E-state index is 13.2. The maximum atomic E-state index is 13.2. The van der Waals surface area contributed by atoms with Crippen LogP contribution in [0.15, 0.2) is 18.2 Å². The highest BCUT2D eigenvalue weighted by molar-refractivity contribution is 5.89. The van der Waals surface area contributed by atoms with E-state index in [1.165, 1.54) is 32.1 Å². The first-order chi connectivity index (χ1) is 11.8. The Kier molecular flexibility index (Phi) is 9.53. The van der Waals surface area contributed by atoms with Crippen LogP contribution in [0.25, 0.3) is 0 Å². The molecule has 0 saturated heterocycles. The van der Waals surface area contributed by atoms with E-state index in [-0.39, 0.29) is 6.61 Å². The largest absolute Gasteiger partial charge is 0.462 e. The van der Waals surface area contributed by atoms with Crippen molar-refractivity contribution in [1.82, 2.24) is 0 Å². The topological polar surface area (TPSA) is 26.3 Å². The van der Waals surface area contributed by atoms with Crippen LogP contribution in [0.1, 0.15) is 80.6 Å². The number of unbranched alkanes of at least 4 members (excludes halogenated alkanes) is 8. The van der Waals surface area contributed by atoms with E-state index < -0.39 is 29.1 Å².